The Labute approximate surface area is 178 Å². The highest BCUT2D eigenvalue weighted by Crippen LogP contribution is 2.30. The van der Waals surface area contributed by atoms with E-state index in [9.17, 15) is 18.2 Å². The number of carbonyl (C=O) groups is 2. The summed E-state index contributed by atoms with van der Waals surface area (Å²) >= 11 is 0. The van der Waals surface area contributed by atoms with Crippen LogP contribution in [-0.2, 0) is 19.3 Å². The van der Waals surface area contributed by atoms with Gasteiger partial charge in [-0.15, -0.1) is 0 Å². The van der Waals surface area contributed by atoms with E-state index >= 15 is 0 Å². The number of rotatable bonds is 5. The van der Waals surface area contributed by atoms with Gasteiger partial charge in [0.1, 0.15) is 18.2 Å². The number of cyclic esters (lactones) is 1. The van der Waals surface area contributed by atoms with Crippen LogP contribution in [0.2, 0.25) is 0 Å². The summed E-state index contributed by atoms with van der Waals surface area (Å²) in [5.74, 6) is -0.104. The van der Waals surface area contributed by atoms with Gasteiger partial charge in [0.15, 0.2) is 5.82 Å². The van der Waals surface area contributed by atoms with Crippen molar-refractivity contribution in [3.05, 3.63) is 48.0 Å². The van der Waals surface area contributed by atoms with Crippen LogP contribution in [0, 0.1) is 5.82 Å². The first-order valence-electron chi connectivity index (χ1n) is 9.67. The molecule has 1 saturated heterocycles. The molecule has 0 spiro atoms. The fourth-order valence-electron chi connectivity index (χ4n) is 3.54. The van der Waals surface area contributed by atoms with E-state index < -0.39 is 33.7 Å². The quantitative estimate of drug-likeness (QED) is 0.748. The Balaban J connectivity index is 1.45. The number of hydrogen-bond donors (Lipinski definition) is 1. The standard InChI is InChI=1S/C20H21FN4O5S/c1-13(26)24-31(28)8-5-14(6-9-31)17-3-2-15(10-18(17)21)25-12-16(30-20(25)27)11-22-19-4-7-29-23-19/h2-5,7,10,16H,6,8-9,11-12H2,1H3,(H,22,23)/t16-,31?/m0/s1. The predicted octanol–water partition coefficient (Wildman–Crippen LogP) is 3.05. The zero-order valence-corrected chi connectivity index (χ0v) is 17.6. The highest BCUT2D eigenvalue weighted by molar-refractivity contribution is 7.94. The Morgan fingerprint density at radius 1 is 1.42 bits per heavy atom. The van der Waals surface area contributed by atoms with E-state index in [0.29, 0.717) is 35.6 Å². The van der Waals surface area contributed by atoms with E-state index in [-0.39, 0.29) is 18.1 Å². The molecule has 0 bridgehead atoms. The summed E-state index contributed by atoms with van der Waals surface area (Å²) in [6.45, 7) is 1.87. The number of hydrogen-bond acceptors (Lipinski definition) is 7. The maximum absolute atomic E-state index is 14.8. The third-order valence-electron chi connectivity index (χ3n) is 5.01. The zero-order valence-electron chi connectivity index (χ0n) is 16.7. The van der Waals surface area contributed by atoms with Gasteiger partial charge in [-0.2, -0.15) is 4.36 Å². The number of anilines is 2. The van der Waals surface area contributed by atoms with E-state index in [2.05, 4.69) is 14.8 Å². The summed E-state index contributed by atoms with van der Waals surface area (Å²) in [5, 5.41) is 6.72. The van der Waals surface area contributed by atoms with Gasteiger partial charge in [-0.1, -0.05) is 11.2 Å². The Morgan fingerprint density at radius 3 is 2.90 bits per heavy atom. The molecule has 11 heteroatoms. The number of nitrogens with one attached hydrogen (secondary N) is 1. The molecule has 31 heavy (non-hydrogen) atoms. The van der Waals surface area contributed by atoms with E-state index in [1.165, 1.54) is 24.2 Å². The maximum atomic E-state index is 14.8. The highest BCUT2D eigenvalue weighted by Gasteiger charge is 2.33. The van der Waals surface area contributed by atoms with Crippen LogP contribution in [0.5, 0.6) is 0 Å². The lowest BCUT2D eigenvalue weighted by Crippen LogP contribution is -2.27. The fraction of sp³-hybridized carbons (Fsp3) is 0.350. The van der Waals surface area contributed by atoms with Gasteiger partial charge in [-0.3, -0.25) is 9.69 Å². The number of ether oxygens (including phenoxy) is 1. The van der Waals surface area contributed by atoms with Crippen LogP contribution >= 0.6 is 0 Å². The predicted molar refractivity (Wildman–Crippen MR) is 113 cm³/mol. The first-order chi connectivity index (χ1) is 14.8. The van der Waals surface area contributed by atoms with Crippen molar-refractivity contribution in [3.8, 4) is 0 Å². The van der Waals surface area contributed by atoms with Crippen molar-refractivity contribution in [2.45, 2.75) is 19.4 Å². The molecule has 1 aromatic carbocycles. The Bertz CT molecular complexity index is 1150. The summed E-state index contributed by atoms with van der Waals surface area (Å²) in [7, 11) is -2.61. The van der Waals surface area contributed by atoms with Gasteiger partial charge in [-0.25, -0.2) is 13.4 Å². The Kier molecular flexibility index (Phi) is 5.77. The van der Waals surface area contributed by atoms with Crippen LogP contribution < -0.4 is 10.2 Å². The minimum absolute atomic E-state index is 0.113. The SMILES string of the molecule is CC(=O)N=S1(=O)CC=C(c2ccc(N3C[C@H](CNc4ccon4)OC3=O)cc2F)CC1. The molecule has 1 fully saturated rings. The van der Waals surface area contributed by atoms with Gasteiger partial charge < -0.3 is 14.6 Å². The molecule has 0 radical (unpaired) electrons. The normalized spacial score (nSPS) is 23.3. The average molecular weight is 448 g/mol. The molecule has 1 N–H and O–H groups in total. The van der Waals surface area contributed by atoms with Crippen LogP contribution in [0.1, 0.15) is 18.9 Å². The van der Waals surface area contributed by atoms with E-state index in [1.807, 2.05) is 0 Å². The minimum atomic E-state index is -2.61. The molecular weight excluding hydrogens is 427 g/mol. The van der Waals surface area contributed by atoms with Gasteiger partial charge in [0, 0.05) is 24.3 Å². The third kappa shape index (κ3) is 4.76. The largest absolute Gasteiger partial charge is 0.442 e. The Morgan fingerprint density at radius 2 is 2.26 bits per heavy atom. The molecule has 2 aliphatic heterocycles. The maximum Gasteiger partial charge on any atom is 0.414 e. The molecule has 2 amide bonds. The third-order valence-corrected chi connectivity index (χ3v) is 7.13. The molecule has 0 saturated carbocycles. The molecule has 2 aromatic rings. The molecule has 0 aliphatic carbocycles. The smallest absolute Gasteiger partial charge is 0.414 e. The van der Waals surface area contributed by atoms with Crippen molar-refractivity contribution in [2.75, 3.05) is 34.8 Å². The van der Waals surface area contributed by atoms with Crippen molar-refractivity contribution in [3.63, 3.8) is 0 Å². The molecule has 2 atom stereocenters. The van der Waals surface area contributed by atoms with Crippen LogP contribution in [0.25, 0.3) is 5.57 Å². The summed E-state index contributed by atoms with van der Waals surface area (Å²) in [6.07, 6.45) is 2.48. The molecule has 1 aromatic heterocycles. The minimum Gasteiger partial charge on any atom is -0.442 e. The fourth-order valence-corrected chi connectivity index (χ4v) is 5.34. The molecule has 4 rings (SSSR count). The summed E-state index contributed by atoms with van der Waals surface area (Å²) in [6, 6.07) is 6.19. The number of benzene rings is 1. The lowest BCUT2D eigenvalue weighted by Gasteiger charge is -2.19. The molecular formula is C20H21FN4O5S. The van der Waals surface area contributed by atoms with Crippen LogP contribution in [0.3, 0.4) is 0 Å². The van der Waals surface area contributed by atoms with Crippen LogP contribution in [-0.4, -0.2) is 52.1 Å². The molecule has 1 unspecified atom stereocenters. The van der Waals surface area contributed by atoms with Crippen molar-refractivity contribution in [1.29, 1.82) is 0 Å². The van der Waals surface area contributed by atoms with Crippen LogP contribution in [0.4, 0.5) is 20.7 Å². The highest BCUT2D eigenvalue weighted by atomic mass is 32.2. The average Bonchev–Trinajstić information content (AvgIpc) is 3.36. The number of carbonyl (C=O) groups excluding carboxylic acids is 2. The molecule has 3 heterocycles. The van der Waals surface area contributed by atoms with Gasteiger partial charge >= 0.3 is 6.09 Å². The van der Waals surface area contributed by atoms with E-state index in [1.54, 1.807) is 24.3 Å². The van der Waals surface area contributed by atoms with Gasteiger partial charge in [0.25, 0.3) is 5.91 Å². The van der Waals surface area contributed by atoms with Crippen molar-refractivity contribution in [2.24, 2.45) is 4.36 Å². The number of amides is 2. The van der Waals surface area contributed by atoms with E-state index in [0.717, 1.165) is 0 Å². The lowest BCUT2D eigenvalue weighted by molar-refractivity contribution is -0.115. The molecule has 2 aliphatic rings. The first-order valence-corrected chi connectivity index (χ1v) is 11.5. The second kappa shape index (κ2) is 8.50. The Hall–Kier alpha value is -3.21. The monoisotopic (exact) mass is 448 g/mol. The second-order valence-corrected chi connectivity index (χ2v) is 9.75. The van der Waals surface area contributed by atoms with Crippen LogP contribution in [0.15, 0.2) is 45.5 Å². The lowest BCUT2D eigenvalue weighted by atomic mass is 10.0. The number of halogens is 1. The summed E-state index contributed by atoms with van der Waals surface area (Å²) in [5.41, 5.74) is 1.48. The van der Waals surface area contributed by atoms with Crippen molar-refractivity contribution >= 4 is 38.8 Å². The second-order valence-electron chi connectivity index (χ2n) is 7.28. The summed E-state index contributed by atoms with van der Waals surface area (Å²) in [4.78, 5) is 24.8. The van der Waals surface area contributed by atoms with Crippen molar-refractivity contribution in [1.82, 2.24) is 5.16 Å². The number of allylic oxidation sites excluding steroid dienone is 1. The van der Waals surface area contributed by atoms with Gasteiger partial charge in [0.05, 0.1) is 34.3 Å². The summed E-state index contributed by atoms with van der Waals surface area (Å²) < 4.78 is 41.1. The number of nitrogens with zero attached hydrogens (tertiary/aromatic N) is 3. The molecule has 164 valence electrons. The first kappa shape index (κ1) is 21.0. The topological polar surface area (TPSA) is 114 Å². The van der Waals surface area contributed by atoms with Crippen molar-refractivity contribution < 1.29 is 27.4 Å². The molecule has 9 nitrogen and oxygen atoms in total. The number of aromatic nitrogens is 1. The van der Waals surface area contributed by atoms with Gasteiger partial charge in [-0.05, 0) is 30.2 Å². The van der Waals surface area contributed by atoms with E-state index in [4.69, 9.17) is 9.26 Å². The zero-order chi connectivity index (χ0) is 22.0. The van der Waals surface area contributed by atoms with Gasteiger partial charge in [0.2, 0.25) is 0 Å².